The van der Waals surface area contributed by atoms with E-state index in [1.54, 1.807) is 0 Å². The van der Waals surface area contributed by atoms with Crippen molar-refractivity contribution >= 4 is 11.9 Å². The number of ketones is 1. The highest BCUT2D eigenvalue weighted by Gasteiger charge is 2.32. The SMILES string of the molecule is [2H]C1([2H])C(=O)C([2H])(c2ccncc2)C([2H])([2H])N(C(=O)OC(C)(C)C)C1([2H])[2H]. The van der Waals surface area contributed by atoms with Crippen molar-refractivity contribution in [3.63, 3.8) is 0 Å². The van der Waals surface area contributed by atoms with E-state index in [1.165, 1.54) is 33.2 Å². The van der Waals surface area contributed by atoms with Gasteiger partial charge in [0.05, 0.1) is 8.64 Å². The Morgan fingerprint density at radius 1 is 1.50 bits per heavy atom. The van der Waals surface area contributed by atoms with E-state index in [0.717, 1.165) is 12.1 Å². The van der Waals surface area contributed by atoms with Crippen LogP contribution in [0, 0.1) is 0 Å². The number of Topliss-reactive ketones (excluding diaryl/α,β-unsaturated/α-hetero) is 1. The molecule has 0 bridgehead atoms. The van der Waals surface area contributed by atoms with E-state index in [-0.39, 0.29) is 10.5 Å². The van der Waals surface area contributed by atoms with Crippen molar-refractivity contribution in [1.29, 1.82) is 0 Å². The first-order valence-electron chi connectivity index (χ1n) is 9.50. The lowest BCUT2D eigenvalue weighted by molar-refractivity contribution is -0.123. The van der Waals surface area contributed by atoms with Crippen molar-refractivity contribution in [2.24, 2.45) is 0 Å². The minimum atomic E-state index is -3.40. The number of rotatable bonds is 1. The second kappa shape index (κ2) is 5.61. The van der Waals surface area contributed by atoms with Gasteiger partial charge in [-0.1, -0.05) is 0 Å². The number of amides is 1. The molecule has 1 fully saturated rings. The maximum absolute atomic E-state index is 12.8. The summed E-state index contributed by atoms with van der Waals surface area (Å²) in [4.78, 5) is 29.0. The van der Waals surface area contributed by atoms with Crippen LogP contribution >= 0.6 is 0 Å². The van der Waals surface area contributed by atoms with Gasteiger partial charge < -0.3 is 9.64 Å². The fraction of sp³-hybridized carbons (Fsp3) is 0.533. The van der Waals surface area contributed by atoms with Gasteiger partial charge in [0.15, 0.2) is 0 Å². The second-order valence-corrected chi connectivity index (χ2v) is 5.10. The van der Waals surface area contributed by atoms with E-state index in [2.05, 4.69) is 4.98 Å². The molecule has 0 spiro atoms. The predicted molar refractivity (Wildman–Crippen MR) is 74.4 cm³/mol. The van der Waals surface area contributed by atoms with Gasteiger partial charge >= 0.3 is 6.09 Å². The molecule has 108 valence electrons. The summed E-state index contributed by atoms with van der Waals surface area (Å²) in [6.45, 7) is -2.25. The molecule has 0 N–H and O–H groups in total. The topological polar surface area (TPSA) is 59.5 Å². The number of carbonyl (C=O) groups is 2. The van der Waals surface area contributed by atoms with Gasteiger partial charge in [-0.3, -0.25) is 9.78 Å². The van der Waals surface area contributed by atoms with E-state index in [9.17, 15) is 9.59 Å². The Morgan fingerprint density at radius 2 is 2.15 bits per heavy atom. The van der Waals surface area contributed by atoms with Crippen LogP contribution in [0.15, 0.2) is 24.5 Å². The molecule has 1 aromatic rings. The lowest BCUT2D eigenvalue weighted by Crippen LogP contribution is -2.45. The number of pyridine rings is 1. The number of aromatic nitrogens is 1. The summed E-state index contributed by atoms with van der Waals surface area (Å²) in [7, 11) is 0. The fourth-order valence-corrected chi connectivity index (χ4v) is 1.47. The quantitative estimate of drug-likeness (QED) is 0.794. The van der Waals surface area contributed by atoms with Gasteiger partial charge in [0.1, 0.15) is 11.4 Å². The zero-order valence-corrected chi connectivity index (χ0v) is 11.4. The van der Waals surface area contributed by atoms with E-state index in [0.29, 0.717) is 0 Å². The van der Waals surface area contributed by atoms with Crippen molar-refractivity contribution < 1.29 is 23.9 Å². The largest absolute Gasteiger partial charge is 0.444 e. The summed E-state index contributed by atoms with van der Waals surface area (Å²) in [6.07, 6.45) is -2.52. The van der Waals surface area contributed by atoms with E-state index < -0.39 is 42.7 Å². The van der Waals surface area contributed by atoms with E-state index >= 15 is 0 Å². The van der Waals surface area contributed by atoms with Crippen LogP contribution in [0.1, 0.15) is 48.2 Å². The van der Waals surface area contributed by atoms with Gasteiger partial charge in [0.2, 0.25) is 0 Å². The van der Waals surface area contributed by atoms with E-state index in [4.69, 9.17) is 14.3 Å². The van der Waals surface area contributed by atoms with Crippen LogP contribution in [0.3, 0.4) is 0 Å². The third-order valence-electron chi connectivity index (χ3n) is 2.28. The van der Waals surface area contributed by atoms with Gasteiger partial charge in [-0.15, -0.1) is 0 Å². The average molecular weight is 283 g/mol. The lowest BCUT2D eigenvalue weighted by Gasteiger charge is -2.33. The third-order valence-corrected chi connectivity index (χ3v) is 2.28. The first-order valence-corrected chi connectivity index (χ1v) is 6.00. The molecule has 1 aliphatic heterocycles. The molecule has 1 unspecified atom stereocenters. The van der Waals surface area contributed by atoms with Gasteiger partial charge in [0, 0.05) is 38.6 Å². The Bertz CT molecular complexity index is 764. The van der Waals surface area contributed by atoms with Crippen LogP contribution in [0.25, 0.3) is 0 Å². The van der Waals surface area contributed by atoms with Crippen LogP contribution < -0.4 is 0 Å². The van der Waals surface area contributed by atoms with Crippen molar-refractivity contribution in [2.45, 2.75) is 38.6 Å². The maximum Gasteiger partial charge on any atom is 0.410 e. The highest BCUT2D eigenvalue weighted by Crippen LogP contribution is 2.24. The lowest BCUT2D eigenvalue weighted by atomic mass is 9.90. The molecule has 1 amide bonds. The summed E-state index contributed by atoms with van der Waals surface area (Å²) in [5.74, 6) is -4.59. The third kappa shape index (κ3) is 3.56. The van der Waals surface area contributed by atoms with Crippen molar-refractivity contribution in [2.75, 3.05) is 13.0 Å². The molecule has 1 aliphatic rings. The molecule has 0 aliphatic carbocycles. The Labute approximate surface area is 128 Å². The van der Waals surface area contributed by atoms with Gasteiger partial charge in [0.25, 0.3) is 0 Å². The first kappa shape index (κ1) is 7.76. The number of piperidine rings is 1. The summed E-state index contributed by atoms with van der Waals surface area (Å²) >= 11 is 0. The molecule has 5 heteroatoms. The number of carbonyl (C=O) groups excluding carboxylic acids is 2. The standard InChI is InChI=1S/C15H20N2O3/c1-15(2,3)20-14(19)17-9-6-13(18)12(10-17)11-4-7-16-8-5-11/h4-5,7-8,12H,6,9-10H2,1-3H3/i6D2,9D2,10D2,12D. The summed E-state index contributed by atoms with van der Waals surface area (Å²) < 4.78 is 62.2. The number of hydrogen-bond acceptors (Lipinski definition) is 4. The van der Waals surface area contributed by atoms with Crippen molar-refractivity contribution in [3.05, 3.63) is 30.1 Å². The molecule has 20 heavy (non-hydrogen) atoms. The van der Waals surface area contributed by atoms with Crippen LogP contribution in [0.4, 0.5) is 4.79 Å². The predicted octanol–water partition coefficient (Wildman–Crippen LogP) is 2.38. The van der Waals surface area contributed by atoms with Crippen LogP contribution in [-0.2, 0) is 9.53 Å². The molecule has 0 radical (unpaired) electrons. The van der Waals surface area contributed by atoms with Crippen LogP contribution in [-0.4, -0.2) is 40.4 Å². The Kier molecular flexibility index (Phi) is 2.18. The molecule has 2 rings (SSSR count). The minimum absolute atomic E-state index is 0.125. The van der Waals surface area contributed by atoms with Crippen molar-refractivity contribution in [3.8, 4) is 0 Å². The monoisotopic (exact) mass is 283 g/mol. The van der Waals surface area contributed by atoms with Crippen molar-refractivity contribution in [1.82, 2.24) is 9.88 Å². The van der Waals surface area contributed by atoms with E-state index in [1.807, 2.05) is 0 Å². The Morgan fingerprint density at radius 3 is 2.75 bits per heavy atom. The molecule has 0 saturated carbocycles. The molecule has 5 nitrogen and oxygen atoms in total. The molecule has 2 heterocycles. The number of likely N-dealkylation sites (tertiary alicyclic amines) is 1. The molecule has 1 aromatic heterocycles. The Hall–Kier alpha value is -1.91. The highest BCUT2D eigenvalue weighted by atomic mass is 16.6. The van der Waals surface area contributed by atoms with Gasteiger partial charge in [-0.25, -0.2) is 4.79 Å². The number of nitrogens with zero attached hydrogens (tertiary/aromatic N) is 2. The maximum atomic E-state index is 12.8. The fourth-order valence-electron chi connectivity index (χ4n) is 1.47. The van der Waals surface area contributed by atoms with Gasteiger partial charge in [-0.05, 0) is 38.5 Å². The molecule has 0 aromatic carbocycles. The zero-order chi connectivity index (χ0) is 21.1. The molecule has 1 saturated heterocycles. The summed E-state index contributed by atoms with van der Waals surface area (Å²) in [5.41, 5.74) is -1.40. The van der Waals surface area contributed by atoms with Crippen LogP contribution in [0.2, 0.25) is 0 Å². The number of hydrogen-bond donors (Lipinski definition) is 0. The summed E-state index contributed by atoms with van der Waals surface area (Å²) in [6, 6.07) is 2.29. The normalized spacial score (nSPS) is 36.2. The average Bonchev–Trinajstić information content (AvgIpc) is 2.50. The van der Waals surface area contributed by atoms with Gasteiger partial charge in [-0.2, -0.15) is 0 Å². The smallest absolute Gasteiger partial charge is 0.410 e. The molecular weight excluding hydrogens is 256 g/mol. The summed E-state index contributed by atoms with van der Waals surface area (Å²) in [5, 5.41) is 0. The highest BCUT2D eigenvalue weighted by molar-refractivity contribution is 5.88. The second-order valence-electron chi connectivity index (χ2n) is 5.10. The minimum Gasteiger partial charge on any atom is -0.444 e. The number of ether oxygens (including phenoxy) is 1. The molecule has 1 atom stereocenters. The zero-order valence-electron chi connectivity index (χ0n) is 18.4. The first-order chi connectivity index (χ1) is 12.0. The molecular formula is C15H20N2O3. The Balaban J connectivity index is 2.76. The van der Waals surface area contributed by atoms with Crippen LogP contribution in [0.5, 0.6) is 0 Å².